The van der Waals surface area contributed by atoms with Gasteiger partial charge in [0.15, 0.2) is 12.3 Å². The van der Waals surface area contributed by atoms with Crippen LogP contribution in [0.1, 0.15) is 6.92 Å². The number of carbonyl (C=O) groups is 2. The van der Waals surface area contributed by atoms with E-state index in [2.05, 4.69) is 5.32 Å². The highest BCUT2D eigenvalue weighted by atomic mass is 19.1. The fourth-order valence-corrected chi connectivity index (χ4v) is 2.12. The Kier molecular flexibility index (Phi) is 5.98. The molecule has 10 heteroatoms. The molecule has 0 aliphatic carbocycles. The molecule has 1 aliphatic heterocycles. The van der Waals surface area contributed by atoms with Crippen molar-refractivity contribution < 1.29 is 44.2 Å². The van der Waals surface area contributed by atoms with Crippen LogP contribution >= 0.6 is 0 Å². The molecule has 1 rings (SSSR count). The molecule has 0 saturated carbocycles. The summed E-state index contributed by atoms with van der Waals surface area (Å²) in [4.78, 5) is 22.0. The molecule has 0 aromatic carbocycles. The van der Waals surface area contributed by atoms with E-state index in [1.54, 1.807) is 0 Å². The van der Waals surface area contributed by atoms with E-state index >= 15 is 0 Å². The number of carboxylic acid groups (broad SMARTS) is 1. The zero-order valence-electron chi connectivity index (χ0n) is 11.1. The van der Waals surface area contributed by atoms with Gasteiger partial charge in [-0.05, 0) is 0 Å². The minimum Gasteiger partial charge on any atom is -0.479 e. The van der Waals surface area contributed by atoms with E-state index < -0.39 is 61.2 Å². The molecule has 1 fully saturated rings. The first-order chi connectivity index (χ1) is 9.70. The number of aliphatic hydroxyl groups excluding tert-OH is 4. The van der Waals surface area contributed by atoms with Crippen LogP contribution in [0.15, 0.2) is 0 Å². The first kappa shape index (κ1) is 17.7. The number of ether oxygens (including phenoxy) is 1. The predicted octanol–water partition coefficient (Wildman–Crippen LogP) is -3.24. The maximum absolute atomic E-state index is 13.8. The van der Waals surface area contributed by atoms with Crippen molar-refractivity contribution in [1.29, 1.82) is 0 Å². The minimum absolute atomic E-state index is 0.681. The van der Waals surface area contributed by atoms with E-state index in [1.165, 1.54) is 0 Å². The summed E-state index contributed by atoms with van der Waals surface area (Å²) in [5.41, 5.74) is 0. The van der Waals surface area contributed by atoms with Crippen LogP contribution in [-0.2, 0) is 14.3 Å². The van der Waals surface area contributed by atoms with Gasteiger partial charge in [-0.2, -0.15) is 0 Å². The maximum Gasteiger partial charge on any atom is 0.336 e. The second-order valence-corrected chi connectivity index (χ2v) is 4.76. The van der Waals surface area contributed by atoms with Crippen LogP contribution in [0.25, 0.3) is 0 Å². The lowest BCUT2D eigenvalue weighted by Gasteiger charge is -2.43. The zero-order valence-corrected chi connectivity index (χ0v) is 11.1. The number of carboxylic acids is 1. The average molecular weight is 311 g/mol. The van der Waals surface area contributed by atoms with Crippen molar-refractivity contribution in [2.45, 2.75) is 49.7 Å². The van der Waals surface area contributed by atoms with Gasteiger partial charge in [0.25, 0.3) is 0 Å². The van der Waals surface area contributed by atoms with Gasteiger partial charge in [0, 0.05) is 6.92 Å². The SMILES string of the molecule is CC(=O)N[C@@H]1[C@@H](O)[C@@H](F)C(C(=O)O)O[C@H]1[C@H](O)[C@H](O)CO. The standard InChI is InChI=1S/C11H18FNO8/c1-3(15)13-6-8(18)5(12)9(11(19)20)21-10(6)7(17)4(16)2-14/h4-10,14,16-18H,2H2,1H3,(H,13,15)(H,19,20)/t4-,5-,6-,7-,8+,9?,10-/m1/s1. The fraction of sp³-hybridized carbons (Fsp3) is 0.818. The monoisotopic (exact) mass is 311 g/mol. The summed E-state index contributed by atoms with van der Waals surface area (Å²) in [5.74, 6) is -2.39. The van der Waals surface area contributed by atoms with Crippen molar-refractivity contribution in [3.8, 4) is 0 Å². The molecule has 9 nitrogen and oxygen atoms in total. The molecule has 0 spiro atoms. The number of halogens is 1. The Morgan fingerprint density at radius 2 is 1.95 bits per heavy atom. The largest absolute Gasteiger partial charge is 0.479 e. The van der Waals surface area contributed by atoms with Gasteiger partial charge >= 0.3 is 5.97 Å². The Bertz CT molecular complexity index is 394. The number of nitrogens with one attached hydrogen (secondary N) is 1. The number of hydrogen-bond donors (Lipinski definition) is 6. The van der Waals surface area contributed by atoms with E-state index in [0.29, 0.717) is 0 Å². The average Bonchev–Trinajstić information content (AvgIpc) is 2.41. The van der Waals surface area contributed by atoms with Crippen molar-refractivity contribution in [2.24, 2.45) is 0 Å². The summed E-state index contributed by atoms with van der Waals surface area (Å²) in [6, 6.07) is -1.48. The van der Waals surface area contributed by atoms with Crippen LogP contribution in [0.5, 0.6) is 0 Å². The number of aliphatic hydroxyl groups is 4. The molecule has 0 aromatic rings. The summed E-state index contributed by atoms with van der Waals surface area (Å²) in [7, 11) is 0. The molecule has 1 amide bonds. The summed E-state index contributed by atoms with van der Waals surface area (Å²) < 4.78 is 18.7. The van der Waals surface area contributed by atoms with E-state index in [-0.39, 0.29) is 0 Å². The quantitative estimate of drug-likeness (QED) is 0.309. The van der Waals surface area contributed by atoms with Gasteiger partial charge in [0.05, 0.1) is 12.6 Å². The highest BCUT2D eigenvalue weighted by Gasteiger charge is 2.52. The smallest absolute Gasteiger partial charge is 0.336 e. The molecule has 6 N–H and O–H groups in total. The number of rotatable bonds is 5. The molecular formula is C11H18FNO8. The van der Waals surface area contributed by atoms with Gasteiger partial charge in [-0.15, -0.1) is 0 Å². The predicted molar refractivity (Wildman–Crippen MR) is 63.9 cm³/mol. The van der Waals surface area contributed by atoms with Crippen LogP contribution in [0.3, 0.4) is 0 Å². The first-order valence-corrected chi connectivity index (χ1v) is 6.15. The number of alkyl halides is 1. The van der Waals surface area contributed by atoms with Gasteiger partial charge in [-0.3, -0.25) is 4.79 Å². The topological polar surface area (TPSA) is 157 Å². The van der Waals surface area contributed by atoms with E-state index in [0.717, 1.165) is 6.92 Å². The Labute approximate surface area is 119 Å². The second-order valence-electron chi connectivity index (χ2n) is 4.76. The summed E-state index contributed by atoms with van der Waals surface area (Å²) in [6.07, 6.45) is -11.5. The molecule has 1 saturated heterocycles. The molecule has 0 bridgehead atoms. The molecular weight excluding hydrogens is 293 g/mol. The number of hydrogen-bond acceptors (Lipinski definition) is 7. The third kappa shape index (κ3) is 3.86. The van der Waals surface area contributed by atoms with Crippen LogP contribution in [0.2, 0.25) is 0 Å². The third-order valence-corrected chi connectivity index (χ3v) is 3.17. The van der Waals surface area contributed by atoms with Crippen LogP contribution < -0.4 is 5.32 Å². The van der Waals surface area contributed by atoms with Crippen LogP contribution in [0.4, 0.5) is 4.39 Å². The van der Waals surface area contributed by atoms with Gasteiger partial charge in [-0.1, -0.05) is 0 Å². The molecule has 1 heterocycles. The van der Waals surface area contributed by atoms with E-state index in [9.17, 15) is 29.3 Å². The molecule has 1 aliphatic rings. The normalized spacial score (nSPS) is 35.8. The minimum atomic E-state index is -2.34. The third-order valence-electron chi connectivity index (χ3n) is 3.17. The molecule has 122 valence electrons. The highest BCUT2D eigenvalue weighted by molar-refractivity contribution is 5.75. The Morgan fingerprint density at radius 1 is 1.38 bits per heavy atom. The van der Waals surface area contributed by atoms with Gasteiger partial charge in [0.1, 0.15) is 24.4 Å². The molecule has 7 atom stereocenters. The van der Waals surface area contributed by atoms with Crippen molar-refractivity contribution in [3.05, 3.63) is 0 Å². The van der Waals surface area contributed by atoms with Gasteiger partial charge in [0.2, 0.25) is 5.91 Å². The van der Waals surface area contributed by atoms with E-state index in [1.807, 2.05) is 0 Å². The Morgan fingerprint density at radius 3 is 2.38 bits per heavy atom. The maximum atomic E-state index is 13.8. The number of aliphatic carboxylic acids is 1. The van der Waals surface area contributed by atoms with Crippen molar-refractivity contribution in [3.63, 3.8) is 0 Å². The van der Waals surface area contributed by atoms with Crippen molar-refractivity contribution in [1.82, 2.24) is 5.32 Å². The van der Waals surface area contributed by atoms with Gasteiger partial charge < -0.3 is 35.6 Å². The van der Waals surface area contributed by atoms with Crippen molar-refractivity contribution in [2.75, 3.05) is 6.61 Å². The van der Waals surface area contributed by atoms with E-state index in [4.69, 9.17) is 14.9 Å². The molecule has 1 unspecified atom stereocenters. The lowest BCUT2D eigenvalue weighted by Crippen LogP contribution is -2.67. The summed E-state index contributed by atoms with van der Waals surface area (Å²) >= 11 is 0. The van der Waals surface area contributed by atoms with Crippen molar-refractivity contribution >= 4 is 11.9 Å². The van der Waals surface area contributed by atoms with Crippen LogP contribution in [-0.4, -0.2) is 86.7 Å². The molecule has 21 heavy (non-hydrogen) atoms. The second kappa shape index (κ2) is 7.09. The Balaban J connectivity index is 3.06. The molecule has 0 aromatic heterocycles. The lowest BCUT2D eigenvalue weighted by molar-refractivity contribution is -0.215. The fourth-order valence-electron chi connectivity index (χ4n) is 2.12. The summed E-state index contributed by atoms with van der Waals surface area (Å²) in [5, 5.41) is 48.8. The number of amides is 1. The lowest BCUT2D eigenvalue weighted by atomic mass is 9.89. The Hall–Kier alpha value is -1.33. The summed E-state index contributed by atoms with van der Waals surface area (Å²) in [6.45, 7) is 0.190. The highest BCUT2D eigenvalue weighted by Crippen LogP contribution is 2.27. The van der Waals surface area contributed by atoms with Crippen LogP contribution in [0, 0.1) is 0 Å². The van der Waals surface area contributed by atoms with Gasteiger partial charge in [-0.25, -0.2) is 9.18 Å². The number of carbonyl (C=O) groups excluding carboxylic acids is 1. The zero-order chi connectivity index (χ0) is 16.3. The molecule has 0 radical (unpaired) electrons. The first-order valence-electron chi connectivity index (χ1n) is 6.15.